The number of hydrogen-bond donors (Lipinski definition) is 0. The molecule has 6 nitrogen and oxygen atoms in total. The first kappa shape index (κ1) is 37.6. The van der Waals surface area contributed by atoms with E-state index in [0.29, 0.717) is 50.0 Å². The zero-order chi connectivity index (χ0) is 75.9. The first-order valence-corrected chi connectivity index (χ1v) is 27.8. The Morgan fingerprint density at radius 2 is 0.989 bits per heavy atom. The van der Waals surface area contributed by atoms with Crippen LogP contribution in [0.1, 0.15) is 80.1 Å². The number of anilines is 4. The molecule has 11 aromatic carbocycles. The van der Waals surface area contributed by atoms with Gasteiger partial charge < -0.3 is 23.8 Å². The number of ether oxygens (including phenoxy) is 2. The Labute approximate surface area is 553 Å². The maximum Gasteiger partial charge on any atom is 0.143 e. The summed E-state index contributed by atoms with van der Waals surface area (Å²) in [6.45, 7) is 14.4. The van der Waals surface area contributed by atoms with Gasteiger partial charge in [-0.1, -0.05) is 247 Å². The van der Waals surface area contributed by atoms with Crippen LogP contribution in [0.5, 0.6) is 23.0 Å². The third-order valence-corrected chi connectivity index (χ3v) is 15.0. The standard InChI is InChI=1S/C80H63N4O2.Pt/c1-79(2,3)60-46-59(47-61(49-60)80(4,5)6)69-37-23-36-68(57-30-17-10-18-31-57)78(69)86-65-44-45-81-76(52-65)84-72-43-40-58(54-24-11-7-12-25-54)48-71(72)70-42-41-64(51-75(70)84)85-63-33-21-32-62(50-63)82-53-83(74-39-20-19-38-73(74)82)77-66(55-26-13-8-14-27-55)34-22-35-67(77)56-28-15-9-16-29-56;/h7-49,52-53H,1-6H3;/q-3;/i7D,8D,9D,10D,11D,12D,13D,14D,15D,16D,17D,18D,24D,25D,26D,27D,28D,29D,30D,31D;. The molecule has 0 N–H and O–H groups in total. The fraction of sp³-hybridized carbons (Fsp3) is 0.100. The Balaban J connectivity index is 0.0000101. The minimum Gasteiger partial charge on any atom is -0.509 e. The van der Waals surface area contributed by atoms with Gasteiger partial charge >= 0.3 is 0 Å². The van der Waals surface area contributed by atoms with Crippen molar-refractivity contribution >= 4 is 44.6 Å². The third kappa shape index (κ3) is 11.0. The maximum absolute atomic E-state index is 9.22. The van der Waals surface area contributed by atoms with Crippen LogP contribution in [0.4, 0.5) is 22.7 Å². The summed E-state index contributed by atoms with van der Waals surface area (Å²) >= 11 is 0. The number of nitrogens with zero attached hydrogens (tertiary/aromatic N) is 4. The molecule has 428 valence electrons. The minimum atomic E-state index is -0.623. The Bertz CT molecular complexity index is 5680. The van der Waals surface area contributed by atoms with E-state index in [1.807, 2.05) is 12.1 Å². The molecule has 0 bridgehead atoms. The summed E-state index contributed by atoms with van der Waals surface area (Å²) in [4.78, 5) is 8.36. The molecule has 0 atom stereocenters. The van der Waals surface area contributed by atoms with Crippen molar-refractivity contribution in [2.75, 3.05) is 9.80 Å². The number of benzene rings is 11. The molecule has 0 saturated carbocycles. The first-order chi connectivity index (χ1) is 50.2. The van der Waals surface area contributed by atoms with Gasteiger partial charge in [-0.3, -0.25) is 0 Å². The van der Waals surface area contributed by atoms with Crippen LogP contribution < -0.4 is 19.3 Å². The monoisotopic (exact) mass is 1330 g/mol. The van der Waals surface area contributed by atoms with E-state index in [1.165, 1.54) is 12.3 Å². The van der Waals surface area contributed by atoms with Crippen molar-refractivity contribution in [3.63, 3.8) is 0 Å². The number of rotatable bonds is 12. The predicted molar refractivity (Wildman–Crippen MR) is 355 cm³/mol. The van der Waals surface area contributed by atoms with E-state index in [1.54, 1.807) is 124 Å². The molecule has 7 heteroatoms. The molecule has 0 radical (unpaired) electrons. The van der Waals surface area contributed by atoms with E-state index in [2.05, 4.69) is 71.9 Å². The van der Waals surface area contributed by atoms with E-state index >= 15 is 0 Å². The van der Waals surface area contributed by atoms with Gasteiger partial charge in [-0.05, 0) is 85.0 Å². The van der Waals surface area contributed by atoms with Crippen molar-refractivity contribution in [2.24, 2.45) is 0 Å². The molecule has 13 aromatic rings. The average molecular weight is 1330 g/mol. The van der Waals surface area contributed by atoms with Crippen molar-refractivity contribution < 1.29 is 58.0 Å². The van der Waals surface area contributed by atoms with E-state index in [4.69, 9.17) is 39.1 Å². The van der Waals surface area contributed by atoms with Crippen LogP contribution >= 0.6 is 0 Å². The quantitative estimate of drug-likeness (QED) is 0.114. The summed E-state index contributed by atoms with van der Waals surface area (Å²) in [6, 6.07) is 36.8. The predicted octanol–water partition coefficient (Wildman–Crippen LogP) is 21.7. The summed E-state index contributed by atoms with van der Waals surface area (Å²) in [7, 11) is 0. The molecule has 2 aromatic heterocycles. The molecule has 0 amide bonds. The molecule has 0 aliphatic carbocycles. The number of pyridine rings is 1. The molecule has 1 aliphatic heterocycles. The Morgan fingerprint density at radius 3 is 1.60 bits per heavy atom. The van der Waals surface area contributed by atoms with Crippen molar-refractivity contribution in [3.8, 4) is 84.5 Å². The van der Waals surface area contributed by atoms with Crippen LogP contribution in [0, 0.1) is 18.8 Å². The van der Waals surface area contributed by atoms with Gasteiger partial charge in [0.25, 0.3) is 0 Å². The fourth-order valence-corrected chi connectivity index (χ4v) is 10.8. The van der Waals surface area contributed by atoms with Crippen LogP contribution in [-0.4, -0.2) is 9.55 Å². The molecule has 0 spiro atoms. The molecule has 0 unspecified atom stereocenters. The summed E-state index contributed by atoms with van der Waals surface area (Å²) < 4.78 is 192. The van der Waals surface area contributed by atoms with Gasteiger partial charge in [0.15, 0.2) is 0 Å². The van der Waals surface area contributed by atoms with Gasteiger partial charge in [0.05, 0.1) is 27.4 Å². The zero-order valence-electron chi connectivity index (χ0n) is 67.9. The van der Waals surface area contributed by atoms with Gasteiger partial charge in [-0.15, -0.1) is 48.1 Å². The zero-order valence-corrected chi connectivity index (χ0v) is 50.1. The average Bonchev–Trinajstić information content (AvgIpc) is 1.71. The van der Waals surface area contributed by atoms with Gasteiger partial charge in [-0.2, -0.15) is 12.1 Å². The van der Waals surface area contributed by atoms with Crippen molar-refractivity contribution in [2.45, 2.75) is 52.4 Å². The second-order valence-corrected chi connectivity index (χ2v) is 22.6. The molecule has 0 saturated heterocycles. The largest absolute Gasteiger partial charge is 0.509 e. The number of fused-ring (bicyclic) bond motifs is 4. The van der Waals surface area contributed by atoms with E-state index in [0.717, 1.165) is 16.7 Å². The smallest absolute Gasteiger partial charge is 0.143 e. The fourth-order valence-electron chi connectivity index (χ4n) is 10.8. The maximum atomic E-state index is 9.22. The Kier molecular flexibility index (Phi) is 10.1. The summed E-state index contributed by atoms with van der Waals surface area (Å²) in [5.41, 5.74) is 5.49. The number of hydrogen-bond acceptors (Lipinski definition) is 5. The normalized spacial score (nSPS) is 15.5. The Morgan fingerprint density at radius 1 is 0.448 bits per heavy atom. The molecule has 1 aliphatic rings. The topological polar surface area (TPSA) is 42.8 Å². The third-order valence-electron chi connectivity index (χ3n) is 15.0. The molecule has 0 fully saturated rings. The van der Waals surface area contributed by atoms with Gasteiger partial charge in [0.2, 0.25) is 0 Å². The molecule has 87 heavy (non-hydrogen) atoms. The molecule has 14 rings (SSSR count). The van der Waals surface area contributed by atoms with E-state index in [9.17, 15) is 2.74 Å². The first-order valence-electron chi connectivity index (χ1n) is 37.8. The molecule has 3 heterocycles. The number of para-hydroxylation sites is 4. The second kappa shape index (κ2) is 23.3. The van der Waals surface area contributed by atoms with Crippen LogP contribution in [0.2, 0.25) is 0 Å². The SMILES string of the molecule is [2H]c1c([2H])c([2H])c(-c2ccc3c(c2)c2ccc(Oc4[c-]c(N5[CH-]N(c6c(-c7c([2H])c([2H])c([2H])c([2H])c7[2H])cccc6-c6c([2H])c([2H])c([2H])c([2H])c6[2H])c6ccccc65)ccc4)[c-]c2n3-c2cc(Oc3c(-c4cc(C(C)(C)C)cc(C(C)(C)C)c4)cccc3-c3c([2H])c([2H])c([2H])c([2H])c3[2H])ccn2)c([2H])c1[2H].[Pt]. The summed E-state index contributed by atoms with van der Waals surface area (Å²) in [5, 5.41) is 1.13. The van der Waals surface area contributed by atoms with Crippen molar-refractivity contribution in [3.05, 3.63) is 296 Å². The Hall–Kier alpha value is -9.74. The van der Waals surface area contributed by atoms with Crippen LogP contribution in [0.15, 0.2) is 267 Å². The van der Waals surface area contributed by atoms with Gasteiger partial charge in [0, 0.05) is 89.7 Å². The minimum absolute atomic E-state index is 0. The van der Waals surface area contributed by atoms with Crippen LogP contribution in [0.3, 0.4) is 0 Å². The van der Waals surface area contributed by atoms with Gasteiger partial charge in [0.1, 0.15) is 17.3 Å². The number of aromatic nitrogens is 2. The molecular formula is C80H63N4O2Pt-3. The van der Waals surface area contributed by atoms with Crippen molar-refractivity contribution in [1.29, 1.82) is 0 Å². The second-order valence-electron chi connectivity index (χ2n) is 22.6. The van der Waals surface area contributed by atoms with Gasteiger partial charge in [-0.25, -0.2) is 4.98 Å². The van der Waals surface area contributed by atoms with E-state index < -0.39 is 121 Å². The van der Waals surface area contributed by atoms with Crippen LogP contribution in [-0.2, 0) is 31.9 Å². The van der Waals surface area contributed by atoms with E-state index in [-0.39, 0.29) is 105 Å². The van der Waals surface area contributed by atoms with Crippen molar-refractivity contribution in [1.82, 2.24) is 9.55 Å². The summed E-state index contributed by atoms with van der Waals surface area (Å²) in [6.07, 6.45) is 1.54. The van der Waals surface area contributed by atoms with Crippen LogP contribution in [0.25, 0.3) is 83.3 Å². The summed E-state index contributed by atoms with van der Waals surface area (Å²) in [5.74, 6) is 1.05. The molecular weight excluding hydrogens is 1240 g/mol.